The van der Waals surface area contributed by atoms with Crippen LogP contribution in [0.2, 0.25) is 0 Å². The zero-order valence-corrected chi connectivity index (χ0v) is 19.4. The van der Waals surface area contributed by atoms with Gasteiger partial charge in [0.05, 0.1) is 0 Å². The van der Waals surface area contributed by atoms with Crippen LogP contribution in [0.25, 0.3) is 0 Å². The van der Waals surface area contributed by atoms with Gasteiger partial charge in [0.2, 0.25) is 5.91 Å². The molecule has 0 saturated heterocycles. The Morgan fingerprint density at radius 1 is 1.17 bits per heavy atom. The number of carbonyl (C=O) groups is 2. The first-order chi connectivity index (χ1) is 14.2. The molecular weight excluding hydrogens is 416 g/mol. The summed E-state index contributed by atoms with van der Waals surface area (Å²) in [6.07, 6.45) is 0.767. The van der Waals surface area contributed by atoms with Crippen LogP contribution in [0, 0.1) is 13.8 Å². The Labute approximate surface area is 185 Å². The molecule has 158 valence electrons. The van der Waals surface area contributed by atoms with Gasteiger partial charge in [0, 0.05) is 21.5 Å². The Balaban J connectivity index is 2.18. The van der Waals surface area contributed by atoms with Crippen LogP contribution in [-0.4, -0.2) is 26.9 Å². The molecule has 2 heterocycles. The molecule has 0 fully saturated rings. The highest BCUT2D eigenvalue weighted by molar-refractivity contribution is 7.10. The van der Waals surface area contributed by atoms with Crippen molar-refractivity contribution in [3.05, 3.63) is 62.8 Å². The van der Waals surface area contributed by atoms with Crippen LogP contribution in [0.1, 0.15) is 59.7 Å². The number of benzene rings is 1. The van der Waals surface area contributed by atoms with Crippen molar-refractivity contribution in [1.82, 2.24) is 14.9 Å². The van der Waals surface area contributed by atoms with E-state index in [1.165, 1.54) is 11.3 Å². The van der Waals surface area contributed by atoms with Crippen molar-refractivity contribution in [3.63, 3.8) is 0 Å². The van der Waals surface area contributed by atoms with Gasteiger partial charge >= 0.3 is 0 Å². The fourth-order valence-electron chi connectivity index (χ4n) is 3.09. The third kappa shape index (κ3) is 4.60. The van der Waals surface area contributed by atoms with E-state index in [4.69, 9.17) is 0 Å². The topological polar surface area (TPSA) is 75.2 Å². The van der Waals surface area contributed by atoms with Crippen LogP contribution in [0.3, 0.4) is 0 Å². The molecule has 0 spiro atoms. The van der Waals surface area contributed by atoms with Crippen molar-refractivity contribution in [3.8, 4) is 0 Å². The number of amides is 2. The molecule has 0 aliphatic carbocycles. The van der Waals surface area contributed by atoms with E-state index in [0.29, 0.717) is 5.69 Å². The van der Waals surface area contributed by atoms with Gasteiger partial charge in [-0.3, -0.25) is 14.5 Å². The number of anilines is 1. The van der Waals surface area contributed by atoms with Gasteiger partial charge in [-0.1, -0.05) is 29.6 Å². The maximum absolute atomic E-state index is 13.6. The van der Waals surface area contributed by atoms with E-state index in [1.54, 1.807) is 10.3 Å². The number of aromatic nitrogens is 2. The summed E-state index contributed by atoms with van der Waals surface area (Å²) < 4.78 is 3.85. The lowest BCUT2D eigenvalue weighted by molar-refractivity contribution is -0.124. The number of para-hydroxylation sites is 1. The van der Waals surface area contributed by atoms with Crippen molar-refractivity contribution in [2.75, 3.05) is 4.90 Å². The highest BCUT2D eigenvalue weighted by Gasteiger charge is 2.38. The molecule has 30 heavy (non-hydrogen) atoms. The lowest BCUT2D eigenvalue weighted by Crippen LogP contribution is -2.50. The van der Waals surface area contributed by atoms with Crippen LogP contribution in [0.4, 0.5) is 5.69 Å². The monoisotopic (exact) mass is 442 g/mol. The van der Waals surface area contributed by atoms with Gasteiger partial charge in [0.25, 0.3) is 5.91 Å². The van der Waals surface area contributed by atoms with Crippen molar-refractivity contribution in [2.45, 2.75) is 52.6 Å². The molecule has 1 atom stereocenters. The summed E-state index contributed by atoms with van der Waals surface area (Å²) in [6, 6.07) is 8.73. The molecule has 1 aromatic carbocycles. The second-order valence-corrected chi connectivity index (χ2v) is 9.41. The van der Waals surface area contributed by atoms with Gasteiger partial charge in [-0.05, 0) is 74.3 Å². The standard InChI is InChI=1S/C22H26N4O2S2/c1-6-22(4,5)23-20(27)18(19-15(3)11-12-29-19)26(17-10-8-7-9-14(17)2)21(28)16-13-30-25-24-16/h7-13,18H,6H2,1-5H3,(H,23,27)/t18-/m0/s1. The Morgan fingerprint density at radius 3 is 2.47 bits per heavy atom. The van der Waals surface area contributed by atoms with E-state index in [0.717, 1.165) is 34.0 Å². The maximum Gasteiger partial charge on any atom is 0.280 e. The number of thiophene rings is 1. The summed E-state index contributed by atoms with van der Waals surface area (Å²) in [5, 5.41) is 10.7. The lowest BCUT2D eigenvalue weighted by Gasteiger charge is -2.34. The van der Waals surface area contributed by atoms with E-state index in [2.05, 4.69) is 14.9 Å². The number of hydrogen-bond acceptors (Lipinski definition) is 6. The minimum Gasteiger partial charge on any atom is -0.349 e. The van der Waals surface area contributed by atoms with Crippen molar-refractivity contribution < 1.29 is 9.59 Å². The first-order valence-electron chi connectivity index (χ1n) is 9.77. The fourth-order valence-corrected chi connectivity index (χ4v) is 4.53. The molecule has 0 unspecified atom stereocenters. The molecule has 0 saturated carbocycles. The van der Waals surface area contributed by atoms with Crippen molar-refractivity contribution in [1.29, 1.82) is 0 Å². The van der Waals surface area contributed by atoms with Gasteiger partial charge in [-0.25, -0.2) is 0 Å². The fraction of sp³-hybridized carbons (Fsp3) is 0.364. The summed E-state index contributed by atoms with van der Waals surface area (Å²) in [5.74, 6) is -0.563. The Morgan fingerprint density at radius 2 is 1.90 bits per heavy atom. The summed E-state index contributed by atoms with van der Waals surface area (Å²) in [6.45, 7) is 9.88. The lowest BCUT2D eigenvalue weighted by atomic mass is 9.99. The van der Waals surface area contributed by atoms with Gasteiger partial charge in [0.15, 0.2) is 11.7 Å². The first-order valence-corrected chi connectivity index (χ1v) is 11.5. The predicted molar refractivity (Wildman–Crippen MR) is 122 cm³/mol. The molecule has 3 rings (SSSR count). The van der Waals surface area contributed by atoms with E-state index in [9.17, 15) is 9.59 Å². The van der Waals surface area contributed by atoms with Crippen LogP contribution in [0.15, 0.2) is 41.1 Å². The maximum atomic E-state index is 13.6. The second-order valence-electron chi connectivity index (χ2n) is 7.85. The Kier molecular flexibility index (Phi) is 6.67. The summed E-state index contributed by atoms with van der Waals surface area (Å²) in [4.78, 5) is 29.6. The van der Waals surface area contributed by atoms with Crippen LogP contribution in [-0.2, 0) is 4.79 Å². The number of rotatable bonds is 7. The minimum absolute atomic E-state index is 0.216. The predicted octanol–water partition coefficient (Wildman–Crippen LogP) is 4.91. The molecule has 8 heteroatoms. The summed E-state index contributed by atoms with van der Waals surface area (Å²) in [7, 11) is 0. The van der Waals surface area contributed by atoms with Crippen LogP contribution in [0.5, 0.6) is 0 Å². The first kappa shape index (κ1) is 22.1. The third-order valence-electron chi connectivity index (χ3n) is 5.18. The van der Waals surface area contributed by atoms with Crippen molar-refractivity contribution in [2.24, 2.45) is 0 Å². The van der Waals surface area contributed by atoms with Crippen LogP contribution >= 0.6 is 22.9 Å². The molecule has 0 aliphatic heterocycles. The molecule has 1 N–H and O–H groups in total. The van der Waals surface area contributed by atoms with Gasteiger partial charge in [0.1, 0.15) is 0 Å². The second kappa shape index (κ2) is 9.06. The van der Waals surface area contributed by atoms with Crippen LogP contribution < -0.4 is 10.2 Å². The van der Waals surface area contributed by atoms with Crippen molar-refractivity contribution >= 4 is 40.4 Å². The number of aryl methyl sites for hydroxylation is 2. The van der Waals surface area contributed by atoms with Gasteiger partial charge in [-0.2, -0.15) is 0 Å². The van der Waals surface area contributed by atoms with Gasteiger partial charge < -0.3 is 5.32 Å². The number of nitrogens with zero attached hydrogens (tertiary/aromatic N) is 3. The average molecular weight is 443 g/mol. The summed E-state index contributed by atoms with van der Waals surface area (Å²) >= 11 is 2.59. The smallest absolute Gasteiger partial charge is 0.280 e. The Bertz CT molecular complexity index is 1030. The quantitative estimate of drug-likeness (QED) is 0.564. The molecular formula is C22H26N4O2S2. The summed E-state index contributed by atoms with van der Waals surface area (Å²) in [5.41, 5.74) is 2.37. The third-order valence-corrected chi connectivity index (χ3v) is 6.75. The largest absolute Gasteiger partial charge is 0.349 e. The SMILES string of the molecule is CCC(C)(C)NC(=O)[C@H](c1sccc1C)N(C(=O)c1csnn1)c1ccccc1C. The normalized spacial score (nSPS) is 12.4. The van der Waals surface area contributed by atoms with E-state index in [-0.39, 0.29) is 17.5 Å². The molecule has 2 amide bonds. The molecule has 0 aliphatic rings. The number of carbonyl (C=O) groups excluding carboxylic acids is 2. The zero-order valence-electron chi connectivity index (χ0n) is 17.8. The Hall–Kier alpha value is -2.58. The zero-order chi connectivity index (χ0) is 21.9. The molecule has 2 aromatic heterocycles. The minimum atomic E-state index is -0.814. The number of hydrogen-bond donors (Lipinski definition) is 1. The van der Waals surface area contributed by atoms with E-state index < -0.39 is 11.6 Å². The molecule has 0 radical (unpaired) electrons. The highest BCUT2D eigenvalue weighted by atomic mass is 32.1. The average Bonchev–Trinajstić information content (AvgIpc) is 3.38. The highest BCUT2D eigenvalue weighted by Crippen LogP contribution is 2.36. The van der Waals surface area contributed by atoms with E-state index in [1.807, 2.05) is 70.3 Å². The molecule has 3 aromatic rings. The number of nitrogens with one attached hydrogen (secondary N) is 1. The molecule has 0 bridgehead atoms. The molecule has 6 nitrogen and oxygen atoms in total. The van der Waals surface area contributed by atoms with E-state index >= 15 is 0 Å². The van der Waals surface area contributed by atoms with Gasteiger partial charge in [-0.15, -0.1) is 16.4 Å².